The van der Waals surface area contributed by atoms with Gasteiger partial charge in [-0.1, -0.05) is 6.07 Å². The van der Waals surface area contributed by atoms with E-state index in [9.17, 15) is 4.79 Å². The number of esters is 1. The fourth-order valence-electron chi connectivity index (χ4n) is 1.04. The largest absolute Gasteiger partial charge is 0.465 e. The molecule has 1 rings (SSSR count). The van der Waals surface area contributed by atoms with E-state index in [1.807, 2.05) is 0 Å². The van der Waals surface area contributed by atoms with Gasteiger partial charge in [-0.2, -0.15) is 0 Å². The Kier molecular flexibility index (Phi) is 3.23. The van der Waals surface area contributed by atoms with Crippen LogP contribution >= 0.6 is 0 Å². The van der Waals surface area contributed by atoms with Crippen molar-refractivity contribution in [2.45, 2.75) is 0 Å². The Labute approximate surface area is 82.0 Å². The van der Waals surface area contributed by atoms with Crippen LogP contribution in [-0.2, 0) is 9.47 Å². The van der Waals surface area contributed by atoms with Crippen molar-refractivity contribution < 1.29 is 19.7 Å². The Morgan fingerprint density at radius 3 is 2.43 bits per heavy atom. The summed E-state index contributed by atoms with van der Waals surface area (Å²) in [7, 11) is 2.80. The Hall–Kier alpha value is -1.84. The third kappa shape index (κ3) is 2.10. The molecule has 0 bridgehead atoms. The predicted molar refractivity (Wildman–Crippen MR) is 50.8 cm³/mol. The summed E-state index contributed by atoms with van der Waals surface area (Å²) < 4.78 is 9.42. The van der Waals surface area contributed by atoms with E-state index in [4.69, 9.17) is 10.1 Å². The van der Waals surface area contributed by atoms with Crippen LogP contribution in [0.4, 0.5) is 0 Å². The first-order valence-electron chi connectivity index (χ1n) is 4.04. The number of benzene rings is 1. The fraction of sp³-hybridized carbons (Fsp3) is 0.200. The molecule has 1 aromatic rings. The van der Waals surface area contributed by atoms with Crippen molar-refractivity contribution in [3.63, 3.8) is 0 Å². The first-order valence-corrected chi connectivity index (χ1v) is 4.04. The van der Waals surface area contributed by atoms with E-state index in [1.54, 1.807) is 24.3 Å². The summed E-state index contributed by atoms with van der Waals surface area (Å²) >= 11 is 0. The smallest absolute Gasteiger partial charge is 0.366 e. The maximum atomic E-state index is 11.2. The molecule has 0 saturated carbocycles. The van der Waals surface area contributed by atoms with Crippen LogP contribution in [0.25, 0.3) is 0 Å². The number of rotatable bonds is 2. The maximum absolute atomic E-state index is 11.2. The molecule has 0 aliphatic heterocycles. The summed E-state index contributed by atoms with van der Waals surface area (Å²) in [5, 5.41) is 5.55. The zero-order valence-electron chi connectivity index (χ0n) is 8.11. The molecular weight excluding hydrogens is 182 g/mol. The van der Waals surface area contributed by atoms with E-state index in [2.05, 4.69) is 4.74 Å². The molecule has 0 aliphatic rings. The van der Waals surface area contributed by atoms with E-state index in [-0.39, 0.29) is 5.90 Å². The van der Waals surface area contributed by atoms with Crippen molar-refractivity contribution in [1.29, 1.82) is 0 Å². The molecule has 4 heteroatoms. The zero-order valence-corrected chi connectivity index (χ0v) is 8.11. The van der Waals surface area contributed by atoms with Crippen molar-refractivity contribution in [2.24, 2.45) is 0 Å². The monoisotopic (exact) mass is 194 g/mol. The minimum atomic E-state index is -0.393. The Balaban J connectivity index is 3.01. The highest BCUT2D eigenvalue weighted by Gasteiger charge is 2.10. The van der Waals surface area contributed by atoms with Gasteiger partial charge < -0.3 is 9.47 Å². The van der Waals surface area contributed by atoms with Crippen LogP contribution in [0.15, 0.2) is 24.3 Å². The van der Waals surface area contributed by atoms with Gasteiger partial charge in [0.2, 0.25) is 0 Å². The molecule has 1 aromatic carbocycles. The van der Waals surface area contributed by atoms with Gasteiger partial charge in [-0.05, 0) is 18.2 Å². The van der Waals surface area contributed by atoms with Crippen LogP contribution in [-0.4, -0.2) is 26.1 Å². The second kappa shape index (κ2) is 4.41. The molecule has 74 valence electrons. The molecule has 0 unspecified atom stereocenters. The van der Waals surface area contributed by atoms with Crippen molar-refractivity contribution in [3.8, 4) is 0 Å². The maximum Gasteiger partial charge on any atom is 0.366 e. The van der Waals surface area contributed by atoms with Crippen molar-refractivity contribution in [2.75, 3.05) is 14.2 Å². The Morgan fingerprint density at radius 1 is 1.21 bits per heavy atom. The molecule has 2 N–H and O–H groups in total. The summed E-state index contributed by atoms with van der Waals surface area (Å²) in [6.45, 7) is 0. The topological polar surface area (TPSA) is 61.1 Å². The summed E-state index contributed by atoms with van der Waals surface area (Å²) in [5.41, 5.74) is 1.11. The lowest BCUT2D eigenvalue weighted by Gasteiger charge is -2.00. The van der Waals surface area contributed by atoms with Gasteiger partial charge in [0.25, 0.3) is 0 Å². The summed E-state index contributed by atoms with van der Waals surface area (Å²) in [5.74, 6) is -0.119. The number of carbonyl (C=O) groups is 1. The molecule has 14 heavy (non-hydrogen) atoms. The number of methoxy groups -OCH3 is 2. The molecular formula is C10H12NO3+. The second-order valence-corrected chi connectivity index (χ2v) is 2.64. The van der Waals surface area contributed by atoms with Crippen LogP contribution in [0.1, 0.15) is 15.9 Å². The standard InChI is InChI=1S/C10H11NO3/c1-13-9(11)7-4-3-5-8(6-7)10(12)14-2/h3-6,11H,1-2H3/p+1. The van der Waals surface area contributed by atoms with Gasteiger partial charge >= 0.3 is 11.9 Å². The van der Waals surface area contributed by atoms with Gasteiger partial charge in [-0.3, -0.25) is 0 Å². The van der Waals surface area contributed by atoms with E-state index < -0.39 is 5.97 Å². The fourth-order valence-corrected chi connectivity index (χ4v) is 1.04. The lowest BCUT2D eigenvalue weighted by Crippen LogP contribution is -2.41. The predicted octanol–water partition coefficient (Wildman–Crippen LogP) is -0.375. The third-order valence-corrected chi connectivity index (χ3v) is 1.79. The number of carbonyl (C=O) groups excluding carboxylic acids is 1. The number of nitrogens with two attached hydrogens (primary N) is 1. The average molecular weight is 194 g/mol. The van der Waals surface area contributed by atoms with Crippen LogP contribution in [0, 0.1) is 0 Å². The molecule has 0 aliphatic carbocycles. The molecule has 0 saturated heterocycles. The molecule has 0 atom stereocenters. The van der Waals surface area contributed by atoms with Gasteiger partial charge in [0.15, 0.2) is 0 Å². The molecule has 0 heterocycles. The zero-order chi connectivity index (χ0) is 10.6. The highest BCUT2D eigenvalue weighted by atomic mass is 16.5. The first-order chi connectivity index (χ1) is 6.69. The van der Waals surface area contributed by atoms with E-state index in [0.29, 0.717) is 11.1 Å². The van der Waals surface area contributed by atoms with Gasteiger partial charge in [-0.25, -0.2) is 10.2 Å². The normalized spacial score (nSPS) is 9.29. The number of ether oxygens (including phenoxy) is 2. The van der Waals surface area contributed by atoms with Gasteiger partial charge in [0, 0.05) is 0 Å². The van der Waals surface area contributed by atoms with Crippen LogP contribution in [0.2, 0.25) is 0 Å². The minimum absolute atomic E-state index is 0.274. The third-order valence-electron chi connectivity index (χ3n) is 1.79. The molecule has 0 fully saturated rings. The van der Waals surface area contributed by atoms with E-state index in [1.165, 1.54) is 14.2 Å². The minimum Gasteiger partial charge on any atom is -0.465 e. The molecule has 4 nitrogen and oxygen atoms in total. The lowest BCUT2D eigenvalue weighted by atomic mass is 10.1. The first kappa shape index (κ1) is 10.2. The number of hydrogen-bond acceptors (Lipinski definition) is 3. The molecule has 0 aromatic heterocycles. The highest BCUT2D eigenvalue weighted by molar-refractivity contribution is 5.95. The molecule has 0 spiro atoms. The van der Waals surface area contributed by atoms with Crippen molar-refractivity contribution in [3.05, 3.63) is 35.4 Å². The summed E-state index contributed by atoms with van der Waals surface area (Å²) in [4.78, 5) is 11.2. The molecule has 0 radical (unpaired) electrons. The lowest BCUT2D eigenvalue weighted by molar-refractivity contribution is -0.135. The van der Waals surface area contributed by atoms with Crippen molar-refractivity contribution >= 4 is 11.9 Å². The van der Waals surface area contributed by atoms with Gasteiger partial charge in [0.05, 0.1) is 25.3 Å². The van der Waals surface area contributed by atoms with Crippen LogP contribution < -0.4 is 5.41 Å². The second-order valence-electron chi connectivity index (χ2n) is 2.64. The average Bonchev–Trinajstić information content (AvgIpc) is 2.27. The quantitative estimate of drug-likeness (QED) is 0.397. The van der Waals surface area contributed by atoms with Crippen LogP contribution in [0.3, 0.4) is 0 Å². The van der Waals surface area contributed by atoms with Gasteiger partial charge in [0.1, 0.15) is 0 Å². The Bertz CT molecular complexity index is 329. The SMILES string of the molecule is COC(=[NH2+])c1cccc(C(=O)OC)c1. The van der Waals surface area contributed by atoms with E-state index >= 15 is 0 Å². The van der Waals surface area contributed by atoms with E-state index in [0.717, 1.165) is 0 Å². The van der Waals surface area contributed by atoms with Crippen molar-refractivity contribution in [1.82, 2.24) is 0 Å². The molecule has 0 amide bonds. The van der Waals surface area contributed by atoms with Gasteiger partial charge in [-0.15, -0.1) is 0 Å². The Morgan fingerprint density at radius 2 is 1.86 bits per heavy atom. The van der Waals surface area contributed by atoms with Crippen LogP contribution in [0.5, 0.6) is 0 Å². The summed E-state index contributed by atoms with van der Waals surface area (Å²) in [6.07, 6.45) is 0. The summed E-state index contributed by atoms with van der Waals surface area (Å²) in [6, 6.07) is 6.74. The number of hydrogen-bond donors (Lipinski definition) is 1. The highest BCUT2D eigenvalue weighted by Crippen LogP contribution is 2.06.